The van der Waals surface area contributed by atoms with Crippen molar-refractivity contribution in [1.29, 1.82) is 0 Å². The van der Waals surface area contributed by atoms with Crippen LogP contribution in [0.5, 0.6) is 0 Å². The third-order valence-corrected chi connectivity index (χ3v) is 3.45. The predicted octanol–water partition coefficient (Wildman–Crippen LogP) is 3.26. The minimum absolute atomic E-state index is 0.130. The fraction of sp³-hybridized carbons (Fsp3) is 0.385. The SMILES string of the molecule is CCOC(=O)CN=Cc1c(C(F)F)cc(Br)c(C)c1N. The third-order valence-electron chi connectivity index (χ3n) is 2.63. The summed E-state index contributed by atoms with van der Waals surface area (Å²) in [5.41, 5.74) is 6.58. The van der Waals surface area contributed by atoms with Crippen LogP contribution in [0.1, 0.15) is 30.0 Å². The molecule has 0 amide bonds. The first-order valence-electron chi connectivity index (χ1n) is 5.90. The van der Waals surface area contributed by atoms with Crippen LogP contribution in [0.2, 0.25) is 0 Å². The van der Waals surface area contributed by atoms with Gasteiger partial charge in [0.05, 0.1) is 6.61 Å². The van der Waals surface area contributed by atoms with Gasteiger partial charge in [-0.1, -0.05) is 15.9 Å². The van der Waals surface area contributed by atoms with Crippen molar-refractivity contribution in [3.63, 3.8) is 0 Å². The number of carbonyl (C=O) groups excluding carboxylic acids is 1. The molecule has 0 bridgehead atoms. The Labute approximate surface area is 124 Å². The zero-order valence-corrected chi connectivity index (χ0v) is 12.7. The minimum atomic E-state index is -2.68. The maximum Gasteiger partial charge on any atom is 0.327 e. The van der Waals surface area contributed by atoms with Gasteiger partial charge in [-0.25, -0.2) is 8.78 Å². The van der Waals surface area contributed by atoms with Crippen molar-refractivity contribution in [3.05, 3.63) is 27.2 Å². The average molecular weight is 349 g/mol. The molecule has 4 nitrogen and oxygen atoms in total. The molecule has 0 saturated heterocycles. The Morgan fingerprint density at radius 3 is 2.80 bits per heavy atom. The highest BCUT2D eigenvalue weighted by Gasteiger charge is 2.17. The molecule has 0 atom stereocenters. The van der Waals surface area contributed by atoms with Crippen molar-refractivity contribution in [3.8, 4) is 0 Å². The summed E-state index contributed by atoms with van der Waals surface area (Å²) in [6, 6.07) is 1.31. The Kier molecular flexibility index (Phi) is 6.06. The van der Waals surface area contributed by atoms with Crippen LogP contribution in [0.3, 0.4) is 0 Å². The Hall–Kier alpha value is -1.50. The maximum atomic E-state index is 13.0. The highest BCUT2D eigenvalue weighted by molar-refractivity contribution is 9.10. The second-order valence-electron chi connectivity index (χ2n) is 3.98. The number of nitrogens with two attached hydrogens (primary N) is 1. The lowest BCUT2D eigenvalue weighted by Gasteiger charge is -2.12. The summed E-state index contributed by atoms with van der Waals surface area (Å²) in [6.45, 7) is 3.39. The number of hydrogen-bond donors (Lipinski definition) is 1. The highest BCUT2D eigenvalue weighted by Crippen LogP contribution is 2.33. The van der Waals surface area contributed by atoms with Crippen LogP contribution in [0.15, 0.2) is 15.5 Å². The van der Waals surface area contributed by atoms with E-state index in [4.69, 9.17) is 10.5 Å². The normalized spacial score (nSPS) is 11.3. The van der Waals surface area contributed by atoms with E-state index in [9.17, 15) is 13.6 Å². The summed E-state index contributed by atoms with van der Waals surface area (Å²) < 4.78 is 31.2. The molecule has 1 rings (SSSR count). The van der Waals surface area contributed by atoms with Gasteiger partial charge in [0, 0.05) is 27.5 Å². The van der Waals surface area contributed by atoms with Crippen molar-refractivity contribution in [2.24, 2.45) is 4.99 Å². The van der Waals surface area contributed by atoms with Gasteiger partial charge >= 0.3 is 5.97 Å². The van der Waals surface area contributed by atoms with E-state index in [1.807, 2.05) is 0 Å². The zero-order valence-electron chi connectivity index (χ0n) is 11.1. The Morgan fingerprint density at radius 1 is 1.60 bits per heavy atom. The highest BCUT2D eigenvalue weighted by atomic mass is 79.9. The van der Waals surface area contributed by atoms with Crippen LogP contribution in [0, 0.1) is 6.92 Å². The molecule has 1 aromatic rings. The zero-order chi connectivity index (χ0) is 15.3. The van der Waals surface area contributed by atoms with E-state index >= 15 is 0 Å². The van der Waals surface area contributed by atoms with Crippen LogP contribution in [0.4, 0.5) is 14.5 Å². The second-order valence-corrected chi connectivity index (χ2v) is 4.83. The van der Waals surface area contributed by atoms with E-state index in [1.54, 1.807) is 13.8 Å². The molecule has 0 heterocycles. The standard InChI is InChI=1S/C13H15BrF2N2O2/c1-3-20-11(19)6-18-5-9-8(13(15)16)4-10(14)7(2)12(9)17/h4-5,13H,3,6,17H2,1-2H3. The van der Waals surface area contributed by atoms with Gasteiger partial charge in [0.1, 0.15) is 6.54 Å². The van der Waals surface area contributed by atoms with Gasteiger partial charge in [-0.15, -0.1) is 0 Å². The molecular formula is C13H15BrF2N2O2. The topological polar surface area (TPSA) is 64.7 Å². The van der Waals surface area contributed by atoms with Gasteiger partial charge in [-0.2, -0.15) is 0 Å². The van der Waals surface area contributed by atoms with E-state index in [0.717, 1.165) is 0 Å². The van der Waals surface area contributed by atoms with Crippen molar-refractivity contribution in [2.75, 3.05) is 18.9 Å². The van der Waals surface area contributed by atoms with Gasteiger partial charge in [0.25, 0.3) is 6.43 Å². The van der Waals surface area contributed by atoms with E-state index in [0.29, 0.717) is 10.0 Å². The fourth-order valence-electron chi connectivity index (χ4n) is 1.55. The number of esters is 1. The molecule has 0 aliphatic rings. The second kappa shape index (κ2) is 7.33. The number of halogens is 3. The lowest BCUT2D eigenvalue weighted by molar-refractivity contribution is -0.141. The number of nitrogens with zero attached hydrogens (tertiary/aromatic N) is 1. The Balaban J connectivity index is 3.07. The molecule has 0 saturated carbocycles. The number of hydrogen-bond acceptors (Lipinski definition) is 4. The molecule has 0 spiro atoms. The quantitative estimate of drug-likeness (QED) is 0.504. The Morgan fingerprint density at radius 2 is 2.25 bits per heavy atom. The lowest BCUT2D eigenvalue weighted by Crippen LogP contribution is -2.09. The van der Waals surface area contributed by atoms with Crippen molar-refractivity contribution in [1.82, 2.24) is 0 Å². The average Bonchev–Trinajstić information content (AvgIpc) is 2.38. The molecule has 2 N–H and O–H groups in total. The molecule has 7 heteroatoms. The van der Waals surface area contributed by atoms with E-state index in [1.165, 1.54) is 12.3 Å². The maximum absolute atomic E-state index is 13.0. The molecule has 0 aromatic heterocycles. The molecule has 0 aliphatic heterocycles. The number of rotatable bonds is 5. The molecular weight excluding hydrogens is 334 g/mol. The first-order chi connectivity index (χ1) is 9.38. The molecule has 20 heavy (non-hydrogen) atoms. The fourth-order valence-corrected chi connectivity index (χ4v) is 2.01. The molecule has 0 unspecified atom stereocenters. The third kappa shape index (κ3) is 4.00. The summed E-state index contributed by atoms with van der Waals surface area (Å²) in [5.74, 6) is -0.519. The van der Waals surface area contributed by atoms with Crippen molar-refractivity contribution < 1.29 is 18.3 Å². The van der Waals surface area contributed by atoms with Crippen molar-refractivity contribution >= 4 is 33.8 Å². The first kappa shape index (κ1) is 16.6. The minimum Gasteiger partial charge on any atom is -0.465 e. The molecule has 1 aromatic carbocycles. The van der Waals surface area contributed by atoms with E-state index in [-0.39, 0.29) is 30.0 Å². The van der Waals surface area contributed by atoms with Gasteiger partial charge < -0.3 is 10.5 Å². The van der Waals surface area contributed by atoms with Crippen LogP contribution in [-0.2, 0) is 9.53 Å². The van der Waals surface area contributed by atoms with Gasteiger partial charge in [0.2, 0.25) is 0 Å². The summed E-state index contributed by atoms with van der Waals surface area (Å²) in [4.78, 5) is 14.9. The van der Waals surface area contributed by atoms with Gasteiger partial charge in [-0.3, -0.25) is 9.79 Å². The van der Waals surface area contributed by atoms with Crippen LogP contribution >= 0.6 is 15.9 Å². The number of carbonyl (C=O) groups is 1. The smallest absolute Gasteiger partial charge is 0.327 e. The number of ether oxygens (including phenoxy) is 1. The summed E-state index contributed by atoms with van der Waals surface area (Å²) in [7, 11) is 0. The van der Waals surface area contributed by atoms with Crippen LogP contribution < -0.4 is 5.73 Å². The summed E-state index contributed by atoms with van der Waals surface area (Å²) in [6.07, 6.45) is -1.49. The summed E-state index contributed by atoms with van der Waals surface area (Å²) in [5, 5.41) is 0. The molecule has 110 valence electrons. The number of nitrogen functional groups attached to an aromatic ring is 1. The first-order valence-corrected chi connectivity index (χ1v) is 6.69. The van der Waals surface area contributed by atoms with Gasteiger partial charge in [0.15, 0.2) is 0 Å². The lowest BCUT2D eigenvalue weighted by atomic mass is 10.0. The van der Waals surface area contributed by atoms with Crippen LogP contribution in [0.25, 0.3) is 0 Å². The monoisotopic (exact) mass is 348 g/mol. The molecule has 0 radical (unpaired) electrons. The predicted molar refractivity (Wildman–Crippen MR) is 77.3 cm³/mol. The molecule has 0 fully saturated rings. The van der Waals surface area contributed by atoms with Gasteiger partial charge in [-0.05, 0) is 25.5 Å². The largest absolute Gasteiger partial charge is 0.465 e. The number of alkyl halides is 2. The molecule has 0 aliphatic carbocycles. The van der Waals surface area contributed by atoms with Crippen LogP contribution in [-0.4, -0.2) is 25.3 Å². The Bertz CT molecular complexity index is 534. The number of anilines is 1. The number of aliphatic imine (C=N–C) groups is 1. The van der Waals surface area contributed by atoms with E-state index < -0.39 is 12.4 Å². The number of benzene rings is 1. The van der Waals surface area contributed by atoms with Crippen molar-refractivity contribution in [2.45, 2.75) is 20.3 Å². The summed E-state index contributed by atoms with van der Waals surface area (Å²) >= 11 is 3.18. The van der Waals surface area contributed by atoms with E-state index in [2.05, 4.69) is 20.9 Å².